The van der Waals surface area contributed by atoms with Gasteiger partial charge in [-0.25, -0.2) is 18.6 Å². The highest BCUT2D eigenvalue weighted by Crippen LogP contribution is 2.32. The zero-order chi connectivity index (χ0) is 12.8. The second-order valence-electron chi connectivity index (χ2n) is 3.14. The van der Waals surface area contributed by atoms with Crippen LogP contribution in [-0.4, -0.2) is 26.4 Å². The predicted octanol–water partition coefficient (Wildman–Crippen LogP) is 0.296. The minimum atomic E-state index is -4.53. The summed E-state index contributed by atoms with van der Waals surface area (Å²) in [6.45, 7) is 0. The molecule has 0 aromatic carbocycles. The second kappa shape index (κ2) is 3.43. The average Bonchev–Trinajstić information content (AvgIpc) is 2.61. The summed E-state index contributed by atoms with van der Waals surface area (Å²) in [6.07, 6.45) is -3.98. The van der Waals surface area contributed by atoms with Crippen molar-refractivity contribution in [3.8, 4) is 0 Å². The van der Waals surface area contributed by atoms with Crippen molar-refractivity contribution in [3.05, 3.63) is 26.7 Å². The normalized spacial score (nSPS) is 12.5. The Labute approximate surface area is 88.7 Å². The molecule has 0 amide bonds. The number of halogens is 4. The lowest BCUT2D eigenvalue weighted by Crippen LogP contribution is -2.25. The third kappa shape index (κ3) is 1.70. The summed E-state index contributed by atoms with van der Waals surface area (Å²) >= 11 is 0. The maximum atomic E-state index is 12.9. The summed E-state index contributed by atoms with van der Waals surface area (Å²) in [4.78, 5) is 30.4. The summed E-state index contributed by atoms with van der Waals surface area (Å²) < 4.78 is 49.9. The minimum Gasteiger partial charge on any atom is -0.331 e. The maximum absolute atomic E-state index is 12.9. The molecule has 17 heavy (non-hydrogen) atoms. The first-order valence-corrected chi connectivity index (χ1v) is 4.21. The Morgan fingerprint density at radius 1 is 1.12 bits per heavy atom. The van der Waals surface area contributed by atoms with Crippen molar-refractivity contribution in [2.75, 3.05) is 0 Å². The summed E-state index contributed by atoms with van der Waals surface area (Å²) in [5, 5.41) is 0. The van der Waals surface area contributed by atoms with Gasteiger partial charge in [-0.2, -0.15) is 8.78 Å². The smallest absolute Gasteiger partial charge is 0.331 e. The highest BCUT2D eigenvalue weighted by molar-refractivity contribution is 5.68. The van der Waals surface area contributed by atoms with Crippen LogP contribution >= 0.6 is 0 Å². The van der Waals surface area contributed by atoms with E-state index in [1.165, 1.54) is 0 Å². The lowest BCUT2D eigenvalue weighted by atomic mass is 10.3. The van der Waals surface area contributed by atoms with Crippen molar-refractivity contribution >= 4 is 11.2 Å². The van der Waals surface area contributed by atoms with Crippen molar-refractivity contribution in [3.63, 3.8) is 0 Å². The van der Waals surface area contributed by atoms with Gasteiger partial charge in [0.2, 0.25) is 0 Å². The molecule has 0 unspecified atom stereocenters. The summed E-state index contributed by atoms with van der Waals surface area (Å²) in [5.41, 5.74) is -3.00. The molecule has 0 spiro atoms. The Morgan fingerprint density at radius 3 is 2.35 bits per heavy atom. The molecule has 6 nitrogen and oxygen atoms in total. The van der Waals surface area contributed by atoms with Gasteiger partial charge in [0.15, 0.2) is 11.5 Å². The molecule has 10 heteroatoms. The number of H-pyrrole nitrogens is 3. The summed E-state index contributed by atoms with van der Waals surface area (Å²) in [7, 11) is 0. The topological polar surface area (TPSA) is 94.4 Å². The lowest BCUT2D eigenvalue weighted by Gasteiger charge is -2.10. The fraction of sp³-hybridized carbons (Fsp3) is 0.286. The molecular weight excluding hydrogens is 248 g/mol. The van der Waals surface area contributed by atoms with Gasteiger partial charge in [0, 0.05) is 0 Å². The molecular formula is C7H4F4N4O2. The number of fused-ring (bicyclic) bond motifs is 1. The minimum absolute atomic E-state index is 0.500. The van der Waals surface area contributed by atoms with E-state index in [1.54, 1.807) is 9.97 Å². The first-order valence-electron chi connectivity index (χ1n) is 4.21. The van der Waals surface area contributed by atoms with E-state index in [0.717, 1.165) is 0 Å². The Kier molecular flexibility index (Phi) is 2.29. The van der Waals surface area contributed by atoms with Crippen molar-refractivity contribution in [2.24, 2.45) is 0 Å². The van der Waals surface area contributed by atoms with E-state index >= 15 is 0 Å². The van der Waals surface area contributed by atoms with Gasteiger partial charge < -0.3 is 4.98 Å². The highest BCUT2D eigenvalue weighted by atomic mass is 19.3. The van der Waals surface area contributed by atoms with Gasteiger partial charge in [-0.05, 0) is 0 Å². The van der Waals surface area contributed by atoms with Crippen LogP contribution in [0.1, 0.15) is 5.82 Å². The molecule has 0 aliphatic heterocycles. The number of hydrogen-bond acceptors (Lipinski definition) is 3. The lowest BCUT2D eigenvalue weighted by molar-refractivity contribution is -0.140. The van der Waals surface area contributed by atoms with E-state index in [-0.39, 0.29) is 0 Å². The number of nitrogens with zero attached hydrogens (tertiary/aromatic N) is 1. The Balaban J connectivity index is 2.72. The van der Waals surface area contributed by atoms with Crippen LogP contribution in [0.5, 0.6) is 0 Å². The monoisotopic (exact) mass is 252 g/mol. The molecule has 0 aliphatic carbocycles. The van der Waals surface area contributed by atoms with E-state index in [2.05, 4.69) is 4.98 Å². The van der Waals surface area contributed by atoms with Gasteiger partial charge in [-0.15, -0.1) is 0 Å². The molecule has 2 rings (SSSR count). The van der Waals surface area contributed by atoms with Crippen LogP contribution in [0.3, 0.4) is 0 Å². The molecule has 3 N–H and O–H groups in total. The van der Waals surface area contributed by atoms with Crippen LogP contribution in [-0.2, 0) is 5.92 Å². The number of rotatable bonds is 2. The third-order valence-electron chi connectivity index (χ3n) is 1.98. The van der Waals surface area contributed by atoms with Gasteiger partial charge >= 0.3 is 18.0 Å². The molecule has 0 saturated carbocycles. The van der Waals surface area contributed by atoms with Crippen LogP contribution in [0.4, 0.5) is 17.6 Å². The quantitative estimate of drug-likeness (QED) is 0.671. The van der Waals surface area contributed by atoms with Crippen LogP contribution in [0.15, 0.2) is 9.59 Å². The number of hydrogen-bond donors (Lipinski definition) is 3. The summed E-state index contributed by atoms with van der Waals surface area (Å²) in [6, 6.07) is 0. The number of nitrogens with one attached hydrogen (secondary N) is 3. The fourth-order valence-electron chi connectivity index (χ4n) is 1.19. The predicted molar refractivity (Wildman–Crippen MR) is 47.2 cm³/mol. The van der Waals surface area contributed by atoms with Gasteiger partial charge in [-0.1, -0.05) is 0 Å². The van der Waals surface area contributed by atoms with Gasteiger partial charge in [-0.3, -0.25) is 14.8 Å². The van der Waals surface area contributed by atoms with E-state index in [1.807, 2.05) is 4.98 Å². The van der Waals surface area contributed by atoms with Crippen LogP contribution < -0.4 is 11.2 Å². The number of aromatic amines is 3. The SMILES string of the molecule is O=c1[nH]c(=O)c2[nH]c(C(F)(F)C(F)F)nc2[nH]1. The molecule has 2 heterocycles. The first kappa shape index (κ1) is 11.4. The molecule has 0 saturated heterocycles. The Hall–Kier alpha value is -2.13. The molecule has 2 aromatic heterocycles. The van der Waals surface area contributed by atoms with Crippen LogP contribution in [0.2, 0.25) is 0 Å². The molecule has 2 aromatic rings. The first-order chi connectivity index (χ1) is 7.82. The van der Waals surface area contributed by atoms with E-state index < -0.39 is 40.6 Å². The number of alkyl halides is 4. The van der Waals surface area contributed by atoms with Crippen LogP contribution in [0.25, 0.3) is 11.2 Å². The van der Waals surface area contributed by atoms with Crippen LogP contribution in [0, 0.1) is 0 Å². The average molecular weight is 252 g/mol. The molecule has 0 radical (unpaired) electrons. The van der Waals surface area contributed by atoms with Gasteiger partial charge in [0.25, 0.3) is 5.56 Å². The van der Waals surface area contributed by atoms with Crippen molar-refractivity contribution in [1.29, 1.82) is 0 Å². The van der Waals surface area contributed by atoms with E-state index in [0.29, 0.717) is 0 Å². The molecule has 0 atom stereocenters. The fourth-order valence-corrected chi connectivity index (χ4v) is 1.19. The Morgan fingerprint density at radius 2 is 1.76 bits per heavy atom. The van der Waals surface area contributed by atoms with Crippen molar-refractivity contribution in [2.45, 2.75) is 12.3 Å². The molecule has 0 bridgehead atoms. The standard InChI is InChI=1S/C7H4F4N4O2/c8-4(9)7(10,11)5-12-1-2(13-5)14-6(17)15-3(1)16/h4H,(H3,12,13,14,15,16,17). The maximum Gasteiger partial charge on any atom is 0.363 e. The summed E-state index contributed by atoms with van der Waals surface area (Å²) in [5.74, 6) is -5.91. The second-order valence-corrected chi connectivity index (χ2v) is 3.14. The van der Waals surface area contributed by atoms with Crippen molar-refractivity contribution in [1.82, 2.24) is 19.9 Å². The van der Waals surface area contributed by atoms with Gasteiger partial charge in [0.05, 0.1) is 0 Å². The largest absolute Gasteiger partial charge is 0.363 e. The highest BCUT2D eigenvalue weighted by Gasteiger charge is 2.46. The number of imidazole rings is 1. The van der Waals surface area contributed by atoms with Crippen molar-refractivity contribution < 1.29 is 17.6 Å². The van der Waals surface area contributed by atoms with E-state index in [4.69, 9.17) is 0 Å². The Bertz CT molecular complexity index is 670. The number of aromatic nitrogens is 4. The zero-order valence-corrected chi connectivity index (χ0v) is 7.85. The molecule has 0 fully saturated rings. The molecule has 92 valence electrons. The molecule has 0 aliphatic rings. The zero-order valence-electron chi connectivity index (χ0n) is 7.85. The van der Waals surface area contributed by atoms with E-state index in [9.17, 15) is 27.2 Å². The third-order valence-corrected chi connectivity index (χ3v) is 1.98. The van der Waals surface area contributed by atoms with Gasteiger partial charge in [0.1, 0.15) is 5.52 Å².